The third-order valence-electron chi connectivity index (χ3n) is 3.05. The van der Waals surface area contributed by atoms with Crippen LogP contribution in [0.5, 0.6) is 0 Å². The molecule has 2 rings (SSSR count). The van der Waals surface area contributed by atoms with Gasteiger partial charge in [0, 0.05) is 24.0 Å². The second-order valence-corrected chi connectivity index (χ2v) is 4.53. The zero-order valence-electron chi connectivity index (χ0n) is 10.7. The minimum Gasteiger partial charge on any atom is -0.274 e. The van der Waals surface area contributed by atoms with Gasteiger partial charge in [0.15, 0.2) is 0 Å². The zero-order valence-corrected chi connectivity index (χ0v) is 10.7. The van der Waals surface area contributed by atoms with Gasteiger partial charge in [-0.3, -0.25) is 9.59 Å². The molecule has 4 heteroatoms. The number of nitriles is 1. The van der Waals surface area contributed by atoms with Crippen LogP contribution < -0.4 is 5.56 Å². The van der Waals surface area contributed by atoms with Crippen molar-refractivity contribution >= 4 is 5.91 Å². The summed E-state index contributed by atoms with van der Waals surface area (Å²) in [5, 5.41) is 8.71. The molecule has 0 fully saturated rings. The smallest absolute Gasteiger partial charge is 0.258 e. The van der Waals surface area contributed by atoms with Crippen molar-refractivity contribution in [1.82, 2.24) is 4.57 Å². The Bertz CT molecular complexity index is 667. The number of rotatable bonds is 3. The summed E-state index contributed by atoms with van der Waals surface area (Å²) in [5.41, 5.74) is 1.05. The van der Waals surface area contributed by atoms with E-state index in [1.807, 2.05) is 12.1 Å². The molecule has 1 aliphatic carbocycles. The molecule has 0 amide bonds. The van der Waals surface area contributed by atoms with Crippen LogP contribution in [0.15, 0.2) is 41.2 Å². The van der Waals surface area contributed by atoms with E-state index in [4.69, 9.17) is 5.26 Å². The molecule has 1 atom stereocenters. The fraction of sp³-hybridized carbons (Fsp3) is 0.267. The molecule has 0 aromatic heterocycles. The highest BCUT2D eigenvalue weighted by atomic mass is 16.2. The number of nitrogens with zero attached hydrogens (tertiary/aromatic N) is 2. The van der Waals surface area contributed by atoms with E-state index in [0.29, 0.717) is 12.1 Å². The van der Waals surface area contributed by atoms with Crippen molar-refractivity contribution in [3.05, 3.63) is 46.8 Å². The summed E-state index contributed by atoms with van der Waals surface area (Å²) in [4.78, 5) is 24.0. The molecule has 0 bridgehead atoms. The number of hydrogen-bond donors (Lipinski definition) is 0. The summed E-state index contributed by atoms with van der Waals surface area (Å²) in [5.74, 6) is -0.440. The SMILES string of the molecule is CC(C#N)CCC(=O)n1c2cccccc-2cc1=O. The maximum atomic E-state index is 12.1. The van der Waals surface area contributed by atoms with Crippen LogP contribution >= 0.6 is 0 Å². The standard InChI is InChI=1S/C15H14N2O2/c1-11(10-16)7-8-14(18)17-13-6-4-2-3-5-12(13)9-15(17)19/h2-6,9,11H,7-8H2,1H3. The van der Waals surface area contributed by atoms with Crippen molar-refractivity contribution in [2.75, 3.05) is 0 Å². The Morgan fingerprint density at radius 1 is 1.37 bits per heavy atom. The van der Waals surface area contributed by atoms with Gasteiger partial charge < -0.3 is 0 Å². The van der Waals surface area contributed by atoms with E-state index in [1.165, 1.54) is 10.6 Å². The number of carbonyl (C=O) groups excluding carboxylic acids is 1. The molecular formula is C15H14N2O2. The molecule has 0 N–H and O–H groups in total. The van der Waals surface area contributed by atoms with Crippen LogP contribution in [0.1, 0.15) is 24.6 Å². The highest BCUT2D eigenvalue weighted by Crippen LogP contribution is 2.19. The lowest BCUT2D eigenvalue weighted by Gasteiger charge is -2.05. The minimum atomic E-state index is -0.309. The summed E-state index contributed by atoms with van der Waals surface area (Å²) in [7, 11) is 0. The molecular weight excluding hydrogens is 240 g/mol. The third kappa shape index (κ3) is 2.71. The molecule has 0 aromatic rings. The van der Waals surface area contributed by atoms with Gasteiger partial charge in [-0.15, -0.1) is 0 Å². The van der Waals surface area contributed by atoms with Crippen molar-refractivity contribution in [3.8, 4) is 17.3 Å². The predicted octanol–water partition coefficient (Wildman–Crippen LogP) is 2.53. The van der Waals surface area contributed by atoms with Crippen molar-refractivity contribution in [3.63, 3.8) is 0 Å². The van der Waals surface area contributed by atoms with Crippen LogP contribution in [0.4, 0.5) is 0 Å². The van der Waals surface area contributed by atoms with E-state index in [-0.39, 0.29) is 23.8 Å². The summed E-state index contributed by atoms with van der Waals surface area (Å²) in [6, 6.07) is 12.6. The Hall–Kier alpha value is -2.41. The Balaban J connectivity index is 2.32. The summed E-state index contributed by atoms with van der Waals surface area (Å²) >= 11 is 0. The highest BCUT2D eigenvalue weighted by molar-refractivity contribution is 5.85. The van der Waals surface area contributed by atoms with Gasteiger partial charge in [0.25, 0.3) is 5.56 Å². The van der Waals surface area contributed by atoms with E-state index in [1.54, 1.807) is 25.1 Å². The van der Waals surface area contributed by atoms with Gasteiger partial charge in [0.05, 0.1) is 11.8 Å². The van der Waals surface area contributed by atoms with Crippen LogP contribution in [0, 0.1) is 17.2 Å². The molecule has 0 aromatic carbocycles. The topological polar surface area (TPSA) is 62.9 Å². The molecule has 1 aliphatic heterocycles. The first kappa shape index (κ1) is 13.0. The molecule has 1 heterocycles. The number of hydrogen-bond acceptors (Lipinski definition) is 3. The number of carbonyl (C=O) groups is 1. The number of aromatic nitrogens is 1. The lowest BCUT2D eigenvalue weighted by Crippen LogP contribution is -2.23. The van der Waals surface area contributed by atoms with Crippen LogP contribution in [-0.4, -0.2) is 10.5 Å². The highest BCUT2D eigenvalue weighted by Gasteiger charge is 2.17. The zero-order chi connectivity index (χ0) is 13.8. The van der Waals surface area contributed by atoms with Crippen LogP contribution in [-0.2, 0) is 0 Å². The second kappa shape index (κ2) is 5.49. The first-order valence-corrected chi connectivity index (χ1v) is 6.17. The van der Waals surface area contributed by atoms with Gasteiger partial charge in [-0.05, 0) is 19.4 Å². The fourth-order valence-corrected chi connectivity index (χ4v) is 1.97. The molecule has 96 valence electrons. The van der Waals surface area contributed by atoms with Gasteiger partial charge in [-0.25, -0.2) is 4.57 Å². The molecule has 0 radical (unpaired) electrons. The molecule has 2 aliphatic rings. The fourth-order valence-electron chi connectivity index (χ4n) is 1.97. The first-order valence-electron chi connectivity index (χ1n) is 6.17. The Labute approximate surface area is 111 Å². The lowest BCUT2D eigenvalue weighted by atomic mass is 10.1. The van der Waals surface area contributed by atoms with E-state index < -0.39 is 0 Å². The molecule has 0 saturated carbocycles. The normalized spacial score (nSPS) is 12.0. The second-order valence-electron chi connectivity index (χ2n) is 4.53. The Kier molecular flexibility index (Phi) is 3.76. The van der Waals surface area contributed by atoms with Crippen LogP contribution in [0.3, 0.4) is 0 Å². The van der Waals surface area contributed by atoms with Gasteiger partial charge in [0.1, 0.15) is 0 Å². The summed E-state index contributed by atoms with van der Waals surface area (Å²) < 4.78 is 1.19. The maximum absolute atomic E-state index is 12.1. The van der Waals surface area contributed by atoms with Gasteiger partial charge in [-0.1, -0.05) is 24.3 Å². The Morgan fingerprint density at radius 2 is 2.11 bits per heavy atom. The Morgan fingerprint density at radius 3 is 2.84 bits per heavy atom. The molecule has 0 saturated heterocycles. The first-order chi connectivity index (χ1) is 9.13. The maximum Gasteiger partial charge on any atom is 0.258 e. The third-order valence-corrected chi connectivity index (χ3v) is 3.05. The van der Waals surface area contributed by atoms with Crippen LogP contribution in [0.2, 0.25) is 0 Å². The van der Waals surface area contributed by atoms with Crippen LogP contribution in [0.25, 0.3) is 11.3 Å². The van der Waals surface area contributed by atoms with Gasteiger partial charge in [-0.2, -0.15) is 5.26 Å². The van der Waals surface area contributed by atoms with E-state index >= 15 is 0 Å². The average Bonchev–Trinajstić information content (AvgIpc) is 2.57. The lowest BCUT2D eigenvalue weighted by molar-refractivity contribution is 0.0896. The van der Waals surface area contributed by atoms with Crippen molar-refractivity contribution in [1.29, 1.82) is 5.26 Å². The van der Waals surface area contributed by atoms with Crippen molar-refractivity contribution < 1.29 is 4.79 Å². The van der Waals surface area contributed by atoms with Gasteiger partial charge >= 0.3 is 0 Å². The monoisotopic (exact) mass is 254 g/mol. The summed E-state index contributed by atoms with van der Waals surface area (Å²) in [6.45, 7) is 1.76. The van der Waals surface area contributed by atoms with Crippen molar-refractivity contribution in [2.24, 2.45) is 5.92 Å². The van der Waals surface area contributed by atoms with E-state index in [9.17, 15) is 9.59 Å². The van der Waals surface area contributed by atoms with Crippen molar-refractivity contribution in [2.45, 2.75) is 19.8 Å². The molecule has 19 heavy (non-hydrogen) atoms. The molecule has 0 spiro atoms. The van der Waals surface area contributed by atoms with E-state index in [0.717, 1.165) is 5.56 Å². The minimum absolute atomic E-state index is 0.183. The number of fused-ring (bicyclic) bond motifs is 1. The molecule has 1 unspecified atom stereocenters. The molecule has 4 nitrogen and oxygen atoms in total. The predicted molar refractivity (Wildman–Crippen MR) is 72.0 cm³/mol. The quantitative estimate of drug-likeness (QED) is 0.845. The summed E-state index contributed by atoms with van der Waals surface area (Å²) in [6.07, 6.45) is 0.666. The average molecular weight is 254 g/mol. The van der Waals surface area contributed by atoms with E-state index in [2.05, 4.69) is 6.07 Å². The van der Waals surface area contributed by atoms with Gasteiger partial charge in [0.2, 0.25) is 5.91 Å². The largest absolute Gasteiger partial charge is 0.274 e.